The number of aryl methyl sites for hydroxylation is 1. The maximum atomic E-state index is 10.8. The van der Waals surface area contributed by atoms with Gasteiger partial charge in [0.25, 0.3) is 5.69 Å². The summed E-state index contributed by atoms with van der Waals surface area (Å²) in [5.41, 5.74) is 0.630. The zero-order valence-corrected chi connectivity index (χ0v) is 12.0. The Labute approximate surface area is 118 Å². The number of nitro groups is 1. The molecule has 1 atom stereocenters. The van der Waals surface area contributed by atoms with Gasteiger partial charge in [-0.25, -0.2) is 0 Å². The Kier molecular flexibility index (Phi) is 4.25. The average molecular weight is 280 g/mol. The fourth-order valence-corrected chi connectivity index (χ4v) is 2.27. The molecule has 1 fully saturated rings. The minimum atomic E-state index is -0.415. The molecule has 1 N–H and O–H groups in total. The van der Waals surface area contributed by atoms with Crippen LogP contribution in [0.15, 0.2) is 18.2 Å². The van der Waals surface area contributed by atoms with Crippen molar-refractivity contribution >= 4 is 5.69 Å². The molecular formula is C14H20N2O4. The van der Waals surface area contributed by atoms with Gasteiger partial charge < -0.3 is 14.8 Å². The van der Waals surface area contributed by atoms with Crippen LogP contribution in [0, 0.1) is 17.0 Å². The van der Waals surface area contributed by atoms with Crippen molar-refractivity contribution in [1.29, 1.82) is 0 Å². The summed E-state index contributed by atoms with van der Waals surface area (Å²) in [5, 5.41) is 14.1. The van der Waals surface area contributed by atoms with Crippen LogP contribution in [-0.4, -0.2) is 36.3 Å². The quantitative estimate of drug-likeness (QED) is 0.675. The molecule has 0 radical (unpaired) electrons. The highest BCUT2D eigenvalue weighted by molar-refractivity contribution is 5.42. The Morgan fingerprint density at radius 2 is 2.25 bits per heavy atom. The van der Waals surface area contributed by atoms with Crippen LogP contribution < -0.4 is 10.1 Å². The molecule has 1 unspecified atom stereocenters. The molecule has 20 heavy (non-hydrogen) atoms. The lowest BCUT2D eigenvalue weighted by Crippen LogP contribution is -2.52. The predicted molar refractivity (Wildman–Crippen MR) is 75.2 cm³/mol. The molecule has 1 aromatic carbocycles. The third kappa shape index (κ3) is 3.91. The van der Waals surface area contributed by atoms with Crippen molar-refractivity contribution in [2.24, 2.45) is 0 Å². The molecule has 1 saturated heterocycles. The first-order chi connectivity index (χ1) is 9.35. The lowest BCUT2D eigenvalue weighted by Gasteiger charge is -2.36. The van der Waals surface area contributed by atoms with E-state index in [9.17, 15) is 10.1 Å². The van der Waals surface area contributed by atoms with Crippen LogP contribution in [0.2, 0.25) is 0 Å². The number of ether oxygens (including phenoxy) is 2. The number of morpholine rings is 1. The van der Waals surface area contributed by atoms with Gasteiger partial charge in [-0.1, -0.05) is 0 Å². The lowest BCUT2D eigenvalue weighted by atomic mass is 10.1. The molecule has 0 bridgehead atoms. The molecule has 1 aliphatic rings. The Hall–Kier alpha value is -1.66. The van der Waals surface area contributed by atoms with Crippen molar-refractivity contribution in [2.45, 2.75) is 32.5 Å². The van der Waals surface area contributed by atoms with E-state index in [1.165, 1.54) is 12.1 Å². The number of non-ortho nitro benzene ring substituents is 1. The lowest BCUT2D eigenvalue weighted by molar-refractivity contribution is -0.385. The molecule has 2 rings (SSSR count). The summed E-state index contributed by atoms with van der Waals surface area (Å²) in [6.07, 6.45) is -0.0571. The van der Waals surface area contributed by atoms with E-state index in [0.29, 0.717) is 12.4 Å². The predicted octanol–water partition coefficient (Wildman–Crippen LogP) is 2.05. The van der Waals surface area contributed by atoms with Crippen molar-refractivity contribution in [3.8, 4) is 5.75 Å². The third-order valence-electron chi connectivity index (χ3n) is 3.09. The molecule has 0 aromatic heterocycles. The monoisotopic (exact) mass is 280 g/mol. The van der Waals surface area contributed by atoms with Gasteiger partial charge in [-0.05, 0) is 32.4 Å². The molecule has 110 valence electrons. The summed E-state index contributed by atoms with van der Waals surface area (Å²) in [6, 6.07) is 4.75. The minimum absolute atomic E-state index is 0.0445. The van der Waals surface area contributed by atoms with Crippen molar-refractivity contribution < 1.29 is 14.4 Å². The van der Waals surface area contributed by atoms with E-state index >= 15 is 0 Å². The average Bonchev–Trinajstić information content (AvgIpc) is 2.34. The Balaban J connectivity index is 1.98. The van der Waals surface area contributed by atoms with Gasteiger partial charge in [0, 0.05) is 19.2 Å². The zero-order chi connectivity index (χ0) is 14.8. The number of benzene rings is 1. The summed E-state index contributed by atoms with van der Waals surface area (Å²) in [4.78, 5) is 10.4. The molecule has 1 aliphatic heterocycles. The molecule has 0 aliphatic carbocycles. The van der Waals surface area contributed by atoms with Crippen LogP contribution >= 0.6 is 0 Å². The van der Waals surface area contributed by atoms with Gasteiger partial charge in [-0.3, -0.25) is 10.1 Å². The van der Waals surface area contributed by atoms with Gasteiger partial charge in [0.05, 0.1) is 16.6 Å². The van der Waals surface area contributed by atoms with Crippen LogP contribution in [0.25, 0.3) is 0 Å². The molecule has 1 heterocycles. The first-order valence-corrected chi connectivity index (χ1v) is 6.63. The summed E-state index contributed by atoms with van der Waals surface area (Å²) >= 11 is 0. The van der Waals surface area contributed by atoms with Crippen LogP contribution in [0.5, 0.6) is 5.75 Å². The van der Waals surface area contributed by atoms with Crippen LogP contribution in [0.4, 0.5) is 5.69 Å². The smallest absolute Gasteiger partial charge is 0.273 e. The van der Waals surface area contributed by atoms with Crippen molar-refractivity contribution in [2.75, 3.05) is 19.7 Å². The third-order valence-corrected chi connectivity index (χ3v) is 3.09. The second-order valence-electron chi connectivity index (χ2n) is 5.70. The molecular weight excluding hydrogens is 260 g/mol. The highest BCUT2D eigenvalue weighted by Crippen LogP contribution is 2.23. The largest absolute Gasteiger partial charge is 0.491 e. The van der Waals surface area contributed by atoms with Gasteiger partial charge in [0.1, 0.15) is 18.5 Å². The first-order valence-electron chi connectivity index (χ1n) is 6.63. The number of nitrogens with zero attached hydrogens (tertiary/aromatic N) is 1. The minimum Gasteiger partial charge on any atom is -0.491 e. The van der Waals surface area contributed by atoms with Gasteiger partial charge in [-0.2, -0.15) is 0 Å². The molecule has 0 saturated carbocycles. The van der Waals surface area contributed by atoms with Crippen LogP contribution in [0.1, 0.15) is 19.4 Å². The fourth-order valence-electron chi connectivity index (χ4n) is 2.27. The van der Waals surface area contributed by atoms with E-state index in [1.54, 1.807) is 6.07 Å². The van der Waals surface area contributed by atoms with Crippen LogP contribution in [-0.2, 0) is 4.74 Å². The number of hydrogen-bond donors (Lipinski definition) is 1. The van der Waals surface area contributed by atoms with Crippen molar-refractivity contribution in [3.05, 3.63) is 33.9 Å². The van der Waals surface area contributed by atoms with E-state index in [-0.39, 0.29) is 17.4 Å². The molecule has 0 spiro atoms. The van der Waals surface area contributed by atoms with Crippen molar-refractivity contribution in [3.63, 3.8) is 0 Å². The first kappa shape index (κ1) is 14.7. The zero-order valence-electron chi connectivity index (χ0n) is 12.0. The van der Waals surface area contributed by atoms with Crippen LogP contribution in [0.3, 0.4) is 0 Å². The number of nitro benzene ring substituents is 1. The Morgan fingerprint density at radius 3 is 2.90 bits per heavy atom. The molecule has 6 nitrogen and oxygen atoms in total. The standard InChI is InChI=1S/C14H20N2O4/c1-10-4-11(16(17)18)6-12(5-10)19-8-13-7-15-9-14(2,3)20-13/h4-6,13,15H,7-9H2,1-3H3. The normalized spacial score (nSPS) is 21.4. The van der Waals surface area contributed by atoms with E-state index in [0.717, 1.165) is 18.7 Å². The van der Waals surface area contributed by atoms with E-state index in [2.05, 4.69) is 5.32 Å². The number of nitrogens with one attached hydrogen (secondary N) is 1. The Morgan fingerprint density at radius 1 is 1.50 bits per heavy atom. The van der Waals surface area contributed by atoms with Gasteiger partial charge in [-0.15, -0.1) is 0 Å². The highest BCUT2D eigenvalue weighted by atomic mass is 16.6. The van der Waals surface area contributed by atoms with E-state index in [1.807, 2.05) is 20.8 Å². The summed E-state index contributed by atoms with van der Waals surface area (Å²) in [6.45, 7) is 7.74. The SMILES string of the molecule is Cc1cc(OCC2CNCC(C)(C)O2)cc([N+](=O)[O-])c1. The molecule has 1 aromatic rings. The maximum Gasteiger partial charge on any atom is 0.273 e. The fraction of sp³-hybridized carbons (Fsp3) is 0.571. The Bertz CT molecular complexity index is 502. The summed E-state index contributed by atoms with van der Waals surface area (Å²) in [7, 11) is 0. The number of hydrogen-bond acceptors (Lipinski definition) is 5. The van der Waals surface area contributed by atoms with E-state index < -0.39 is 4.92 Å². The topological polar surface area (TPSA) is 73.6 Å². The second kappa shape index (κ2) is 5.76. The van der Waals surface area contributed by atoms with Gasteiger partial charge in [0.2, 0.25) is 0 Å². The van der Waals surface area contributed by atoms with Crippen molar-refractivity contribution in [1.82, 2.24) is 5.32 Å². The summed E-state index contributed by atoms with van der Waals surface area (Å²) in [5.74, 6) is 0.503. The molecule has 0 amide bonds. The highest BCUT2D eigenvalue weighted by Gasteiger charge is 2.28. The summed E-state index contributed by atoms with van der Waals surface area (Å²) < 4.78 is 11.5. The molecule has 6 heteroatoms. The number of rotatable bonds is 4. The van der Waals surface area contributed by atoms with Gasteiger partial charge >= 0.3 is 0 Å². The van der Waals surface area contributed by atoms with E-state index in [4.69, 9.17) is 9.47 Å². The second-order valence-corrected chi connectivity index (χ2v) is 5.70. The maximum absolute atomic E-state index is 10.8. The van der Waals surface area contributed by atoms with Gasteiger partial charge in [0.15, 0.2) is 0 Å².